The number of hydrogen-bond acceptors (Lipinski definition) is 3. The molecule has 3 rings (SSSR count). The summed E-state index contributed by atoms with van der Waals surface area (Å²) in [6.45, 7) is 1.92. The van der Waals surface area contributed by atoms with E-state index in [0.717, 1.165) is 24.2 Å². The molecule has 1 aromatic rings. The van der Waals surface area contributed by atoms with Crippen molar-refractivity contribution in [1.82, 2.24) is 4.98 Å². The molecular weight excluding hydrogens is 198 g/mol. The Morgan fingerprint density at radius 1 is 1.38 bits per heavy atom. The third-order valence-corrected chi connectivity index (χ3v) is 3.95. The molecule has 0 aromatic carbocycles. The smallest absolute Gasteiger partial charge is 0.128 e. The summed E-state index contributed by atoms with van der Waals surface area (Å²) in [7, 11) is 0. The highest BCUT2D eigenvalue weighted by molar-refractivity contribution is 5.43. The molecule has 2 bridgehead atoms. The Hall–Kier alpha value is -1.09. The highest BCUT2D eigenvalue weighted by Crippen LogP contribution is 2.39. The van der Waals surface area contributed by atoms with Crippen molar-refractivity contribution in [3.8, 4) is 0 Å². The molecule has 1 aliphatic heterocycles. The van der Waals surface area contributed by atoms with Crippen molar-refractivity contribution in [1.29, 1.82) is 0 Å². The van der Waals surface area contributed by atoms with E-state index in [9.17, 15) is 0 Å². The zero-order chi connectivity index (χ0) is 11.0. The van der Waals surface area contributed by atoms with E-state index in [1.807, 2.05) is 6.20 Å². The third kappa shape index (κ3) is 1.69. The van der Waals surface area contributed by atoms with Crippen LogP contribution in [0.5, 0.6) is 0 Å². The van der Waals surface area contributed by atoms with Gasteiger partial charge in [0, 0.05) is 18.8 Å². The number of piperidine rings is 1. The first-order valence-corrected chi connectivity index (χ1v) is 6.28. The predicted molar refractivity (Wildman–Crippen MR) is 65.5 cm³/mol. The molecular formula is C13H19N3. The zero-order valence-electron chi connectivity index (χ0n) is 9.60. The maximum absolute atomic E-state index is 5.53. The molecule has 1 saturated carbocycles. The molecule has 2 unspecified atom stereocenters. The van der Waals surface area contributed by atoms with E-state index in [1.54, 1.807) is 0 Å². The van der Waals surface area contributed by atoms with Crippen LogP contribution in [0.4, 0.5) is 5.82 Å². The summed E-state index contributed by atoms with van der Waals surface area (Å²) in [6.07, 6.45) is 7.07. The fourth-order valence-electron chi connectivity index (χ4n) is 3.11. The Morgan fingerprint density at radius 2 is 2.31 bits per heavy atom. The second-order valence-corrected chi connectivity index (χ2v) is 5.05. The molecule has 1 saturated heterocycles. The topological polar surface area (TPSA) is 42.1 Å². The lowest BCUT2D eigenvalue weighted by atomic mass is 10.1. The average molecular weight is 217 g/mol. The van der Waals surface area contributed by atoms with Gasteiger partial charge in [0.15, 0.2) is 0 Å². The molecule has 1 aliphatic carbocycles. The number of nitrogens with zero attached hydrogens (tertiary/aromatic N) is 2. The molecule has 0 spiro atoms. The molecule has 2 aliphatic rings. The van der Waals surface area contributed by atoms with E-state index in [4.69, 9.17) is 5.73 Å². The summed E-state index contributed by atoms with van der Waals surface area (Å²) in [5.74, 6) is 2.09. The minimum atomic E-state index is 0.704. The SMILES string of the molecule is NCCc1ccc(N2CC3CCC2C3)nc1. The first-order valence-electron chi connectivity index (χ1n) is 6.28. The Kier molecular flexibility index (Phi) is 2.56. The van der Waals surface area contributed by atoms with E-state index in [2.05, 4.69) is 22.0 Å². The van der Waals surface area contributed by atoms with Gasteiger partial charge in [0.1, 0.15) is 5.82 Å². The van der Waals surface area contributed by atoms with Crippen LogP contribution in [0.25, 0.3) is 0 Å². The van der Waals surface area contributed by atoms with E-state index in [0.29, 0.717) is 6.54 Å². The average Bonchev–Trinajstić information content (AvgIpc) is 2.92. The number of fused-ring (bicyclic) bond motifs is 2. The van der Waals surface area contributed by atoms with Gasteiger partial charge < -0.3 is 10.6 Å². The van der Waals surface area contributed by atoms with Crippen LogP contribution >= 0.6 is 0 Å². The first kappa shape index (κ1) is 10.1. The maximum Gasteiger partial charge on any atom is 0.128 e. The van der Waals surface area contributed by atoms with E-state index < -0.39 is 0 Å². The summed E-state index contributed by atoms with van der Waals surface area (Å²) < 4.78 is 0. The van der Waals surface area contributed by atoms with Crippen LogP contribution in [0.3, 0.4) is 0 Å². The standard InChI is InChI=1S/C13H19N3/c14-6-5-10-2-4-13(15-8-10)16-9-11-1-3-12(16)7-11/h2,4,8,11-12H,1,3,5-7,9,14H2. The summed E-state index contributed by atoms with van der Waals surface area (Å²) in [5.41, 5.74) is 6.78. The summed E-state index contributed by atoms with van der Waals surface area (Å²) in [5, 5.41) is 0. The van der Waals surface area contributed by atoms with Gasteiger partial charge in [-0.15, -0.1) is 0 Å². The lowest BCUT2D eigenvalue weighted by molar-refractivity contribution is 0.550. The molecule has 3 heteroatoms. The van der Waals surface area contributed by atoms with Crippen molar-refractivity contribution < 1.29 is 0 Å². The van der Waals surface area contributed by atoms with Crippen LogP contribution in [0.15, 0.2) is 18.3 Å². The molecule has 16 heavy (non-hydrogen) atoms. The lowest BCUT2D eigenvalue weighted by Crippen LogP contribution is -2.32. The molecule has 0 amide bonds. The predicted octanol–water partition coefficient (Wildman–Crippen LogP) is 1.57. The summed E-state index contributed by atoms with van der Waals surface area (Å²) in [4.78, 5) is 7.05. The highest BCUT2D eigenvalue weighted by Gasteiger charge is 2.38. The summed E-state index contributed by atoms with van der Waals surface area (Å²) in [6, 6.07) is 5.09. The zero-order valence-corrected chi connectivity index (χ0v) is 9.60. The highest BCUT2D eigenvalue weighted by atomic mass is 15.2. The Bertz CT molecular complexity index is 360. The van der Waals surface area contributed by atoms with Crippen LogP contribution in [-0.2, 0) is 6.42 Å². The van der Waals surface area contributed by atoms with E-state index >= 15 is 0 Å². The van der Waals surface area contributed by atoms with Gasteiger partial charge in [0.2, 0.25) is 0 Å². The first-order chi connectivity index (χ1) is 7.86. The van der Waals surface area contributed by atoms with Gasteiger partial charge in [-0.2, -0.15) is 0 Å². The van der Waals surface area contributed by atoms with Crippen molar-refractivity contribution in [3.05, 3.63) is 23.9 Å². The van der Waals surface area contributed by atoms with Crippen LogP contribution in [0.1, 0.15) is 24.8 Å². The van der Waals surface area contributed by atoms with Gasteiger partial charge >= 0.3 is 0 Å². The van der Waals surface area contributed by atoms with E-state index in [1.165, 1.54) is 31.4 Å². The van der Waals surface area contributed by atoms with Gasteiger partial charge in [0.05, 0.1) is 0 Å². The van der Waals surface area contributed by atoms with Gasteiger partial charge in [-0.1, -0.05) is 6.07 Å². The van der Waals surface area contributed by atoms with E-state index in [-0.39, 0.29) is 0 Å². The van der Waals surface area contributed by atoms with Crippen LogP contribution in [0, 0.1) is 5.92 Å². The second-order valence-electron chi connectivity index (χ2n) is 5.05. The van der Waals surface area contributed by atoms with Crippen LogP contribution in [0.2, 0.25) is 0 Å². The molecule has 0 radical (unpaired) electrons. The molecule has 1 aromatic heterocycles. The molecule has 2 atom stereocenters. The van der Waals surface area contributed by atoms with Gasteiger partial charge in [-0.05, 0) is 49.8 Å². The second kappa shape index (κ2) is 4.06. The van der Waals surface area contributed by atoms with Crippen LogP contribution in [-0.4, -0.2) is 24.1 Å². The van der Waals surface area contributed by atoms with Crippen molar-refractivity contribution >= 4 is 5.82 Å². The molecule has 3 nitrogen and oxygen atoms in total. The largest absolute Gasteiger partial charge is 0.353 e. The fourth-order valence-corrected chi connectivity index (χ4v) is 3.11. The number of aromatic nitrogens is 1. The number of nitrogens with two attached hydrogens (primary N) is 1. The van der Waals surface area contributed by atoms with Crippen molar-refractivity contribution in [2.75, 3.05) is 18.0 Å². The Morgan fingerprint density at radius 3 is 2.88 bits per heavy atom. The van der Waals surface area contributed by atoms with Crippen LogP contribution < -0.4 is 10.6 Å². The minimum absolute atomic E-state index is 0.704. The quantitative estimate of drug-likeness (QED) is 0.835. The minimum Gasteiger partial charge on any atom is -0.353 e. The summed E-state index contributed by atoms with van der Waals surface area (Å²) >= 11 is 0. The fraction of sp³-hybridized carbons (Fsp3) is 0.615. The van der Waals surface area contributed by atoms with Crippen molar-refractivity contribution in [2.45, 2.75) is 31.7 Å². The van der Waals surface area contributed by atoms with Gasteiger partial charge in [-0.3, -0.25) is 0 Å². The normalized spacial score (nSPS) is 27.7. The Balaban J connectivity index is 1.75. The third-order valence-electron chi connectivity index (χ3n) is 3.95. The molecule has 2 fully saturated rings. The van der Waals surface area contributed by atoms with Crippen molar-refractivity contribution in [3.63, 3.8) is 0 Å². The number of pyridine rings is 1. The number of rotatable bonds is 3. The molecule has 2 heterocycles. The number of anilines is 1. The number of hydrogen-bond donors (Lipinski definition) is 1. The van der Waals surface area contributed by atoms with Gasteiger partial charge in [-0.25, -0.2) is 4.98 Å². The van der Waals surface area contributed by atoms with Gasteiger partial charge in [0.25, 0.3) is 0 Å². The van der Waals surface area contributed by atoms with Crippen molar-refractivity contribution in [2.24, 2.45) is 11.7 Å². The Labute approximate surface area is 96.7 Å². The monoisotopic (exact) mass is 217 g/mol. The lowest BCUT2D eigenvalue weighted by Gasteiger charge is -2.28. The maximum atomic E-state index is 5.53. The molecule has 2 N–H and O–H groups in total. The molecule has 86 valence electrons.